The summed E-state index contributed by atoms with van der Waals surface area (Å²) in [5.74, 6) is 1.15. The first-order chi connectivity index (χ1) is 35.1. The third-order valence-corrected chi connectivity index (χ3v) is 15.9. The van der Waals surface area contributed by atoms with Gasteiger partial charge in [-0.1, -0.05) is 138 Å². The quantitative estimate of drug-likeness (QED) is 0.127. The van der Waals surface area contributed by atoms with Crippen LogP contribution < -0.4 is 14.4 Å². The summed E-state index contributed by atoms with van der Waals surface area (Å²) in [6, 6.07) is 57.8. The number of rotatable bonds is 10. The van der Waals surface area contributed by atoms with Crippen LogP contribution in [0.5, 0.6) is 23.0 Å². The second-order valence-electron chi connectivity index (χ2n) is 21.4. The van der Waals surface area contributed by atoms with Gasteiger partial charge in [0, 0.05) is 11.5 Å². The minimum atomic E-state index is -0.708. The molecule has 0 radical (unpaired) electrons. The molecule has 8 aromatic rings. The molecule has 1 atom stereocenters. The Hall–Kier alpha value is -8.36. The normalized spacial score (nSPS) is 17.8. The lowest BCUT2D eigenvalue weighted by Gasteiger charge is -2.34. The molecule has 4 aliphatic rings. The van der Waals surface area contributed by atoms with E-state index in [0.717, 1.165) is 45.4 Å². The van der Waals surface area contributed by atoms with Crippen LogP contribution in [0, 0.1) is 0 Å². The Labute approximate surface area is 425 Å². The molecule has 8 aromatic carbocycles. The Morgan fingerprint density at radius 1 is 0.425 bits per heavy atom. The molecular formula is C65H54N2O6. The standard InChI is InChI=1S/C65H54N2O6/c1-38(2)40-16-33-57-58(34-40)63(5,6)37-64(57,7)41-17-23-44(24-18-41)67-60(69)52-32-30-48(36-54(52)62(67)71)73-46-27-21-43(22-28-46)65(55-14-10-8-12-49(55)50-13-9-11-15-56(50)65)42-19-25-45(26-20-42)72-47-29-31-51-53(35-47)61(70)66(39(3)4)59(51)68/h8-36,38-39H,37H2,1-7H3. The summed E-state index contributed by atoms with van der Waals surface area (Å²) in [7, 11) is 0. The third kappa shape index (κ3) is 6.94. The molecule has 73 heavy (non-hydrogen) atoms. The van der Waals surface area contributed by atoms with Crippen molar-refractivity contribution in [3.05, 3.63) is 243 Å². The molecule has 360 valence electrons. The van der Waals surface area contributed by atoms with Gasteiger partial charge in [-0.15, -0.1) is 0 Å². The molecule has 2 heterocycles. The summed E-state index contributed by atoms with van der Waals surface area (Å²) in [5.41, 5.74) is 12.8. The third-order valence-electron chi connectivity index (χ3n) is 15.9. The summed E-state index contributed by atoms with van der Waals surface area (Å²) >= 11 is 0. The summed E-state index contributed by atoms with van der Waals surface area (Å²) in [4.78, 5) is 56.7. The van der Waals surface area contributed by atoms with E-state index in [4.69, 9.17) is 9.47 Å². The van der Waals surface area contributed by atoms with Crippen molar-refractivity contribution in [2.45, 2.75) is 83.1 Å². The van der Waals surface area contributed by atoms with Crippen LogP contribution in [-0.4, -0.2) is 34.6 Å². The number of carbonyl (C=O) groups excluding carboxylic acids is 4. The Morgan fingerprint density at radius 2 is 0.890 bits per heavy atom. The molecule has 8 heteroatoms. The first-order valence-corrected chi connectivity index (χ1v) is 25.1. The first-order valence-electron chi connectivity index (χ1n) is 25.1. The van der Waals surface area contributed by atoms with E-state index in [1.54, 1.807) is 36.4 Å². The Kier molecular flexibility index (Phi) is 10.4. The molecule has 1 unspecified atom stereocenters. The maximum atomic E-state index is 14.1. The maximum Gasteiger partial charge on any atom is 0.266 e. The predicted octanol–water partition coefficient (Wildman–Crippen LogP) is 14.5. The molecule has 2 aliphatic carbocycles. The smallest absolute Gasteiger partial charge is 0.266 e. The monoisotopic (exact) mass is 958 g/mol. The van der Waals surface area contributed by atoms with Gasteiger partial charge in [-0.05, 0) is 160 Å². The number of carbonyl (C=O) groups is 4. The first kappa shape index (κ1) is 45.8. The van der Waals surface area contributed by atoms with Gasteiger partial charge in [0.1, 0.15) is 23.0 Å². The fourth-order valence-corrected chi connectivity index (χ4v) is 12.4. The van der Waals surface area contributed by atoms with Gasteiger partial charge in [0.2, 0.25) is 0 Å². The molecule has 0 aromatic heterocycles. The highest BCUT2D eigenvalue weighted by Crippen LogP contribution is 2.57. The van der Waals surface area contributed by atoms with Crippen LogP contribution in [0.3, 0.4) is 0 Å². The molecule has 0 N–H and O–H groups in total. The van der Waals surface area contributed by atoms with E-state index < -0.39 is 5.41 Å². The lowest BCUT2D eigenvalue weighted by molar-refractivity contribution is 0.0608. The van der Waals surface area contributed by atoms with Gasteiger partial charge in [-0.25, -0.2) is 4.90 Å². The van der Waals surface area contributed by atoms with E-state index in [0.29, 0.717) is 56.9 Å². The highest BCUT2D eigenvalue weighted by Gasteiger charge is 2.48. The van der Waals surface area contributed by atoms with E-state index in [9.17, 15) is 19.2 Å². The van der Waals surface area contributed by atoms with E-state index >= 15 is 0 Å². The molecule has 12 rings (SSSR count). The zero-order chi connectivity index (χ0) is 50.7. The molecule has 8 nitrogen and oxygen atoms in total. The lowest BCUT2D eigenvalue weighted by Crippen LogP contribution is -2.35. The van der Waals surface area contributed by atoms with Gasteiger partial charge in [0.15, 0.2) is 0 Å². The zero-order valence-corrected chi connectivity index (χ0v) is 41.9. The number of amides is 4. The van der Waals surface area contributed by atoms with Crippen molar-refractivity contribution in [1.82, 2.24) is 4.90 Å². The van der Waals surface area contributed by atoms with Crippen molar-refractivity contribution < 1.29 is 28.7 Å². The Morgan fingerprint density at radius 3 is 1.42 bits per heavy atom. The number of hydrogen-bond acceptors (Lipinski definition) is 6. The van der Waals surface area contributed by atoms with Crippen molar-refractivity contribution in [2.24, 2.45) is 0 Å². The van der Waals surface area contributed by atoms with Crippen LogP contribution in [0.2, 0.25) is 0 Å². The van der Waals surface area contributed by atoms with E-state index in [-0.39, 0.29) is 40.5 Å². The van der Waals surface area contributed by atoms with Crippen molar-refractivity contribution in [1.29, 1.82) is 0 Å². The number of ether oxygens (including phenoxy) is 2. The van der Waals surface area contributed by atoms with Crippen molar-refractivity contribution in [2.75, 3.05) is 4.90 Å². The Balaban J connectivity index is 0.811. The van der Waals surface area contributed by atoms with E-state index in [1.165, 1.54) is 26.5 Å². The summed E-state index contributed by atoms with van der Waals surface area (Å²) in [5, 5.41) is 0. The Bertz CT molecular complexity index is 3580. The van der Waals surface area contributed by atoms with Crippen LogP contribution in [0.4, 0.5) is 5.69 Å². The molecular weight excluding hydrogens is 905 g/mol. The summed E-state index contributed by atoms with van der Waals surface area (Å²) in [6.07, 6.45) is 0.953. The molecule has 4 amide bonds. The van der Waals surface area contributed by atoms with Gasteiger partial charge < -0.3 is 9.47 Å². The largest absolute Gasteiger partial charge is 0.457 e. The average molecular weight is 959 g/mol. The van der Waals surface area contributed by atoms with Crippen LogP contribution in [0.25, 0.3) is 11.1 Å². The van der Waals surface area contributed by atoms with Gasteiger partial charge in [0.25, 0.3) is 23.6 Å². The lowest BCUT2D eigenvalue weighted by atomic mass is 9.68. The van der Waals surface area contributed by atoms with Gasteiger partial charge in [0.05, 0.1) is 33.4 Å². The number of imide groups is 2. The van der Waals surface area contributed by atoms with E-state index in [1.807, 2.05) is 50.2 Å². The number of benzene rings is 8. The SMILES string of the molecule is CC(C)c1ccc2c(c1)C(C)(C)CC2(C)c1ccc(N2C(=O)c3ccc(Oc4ccc(C5(c6ccc(Oc7ccc8c(c7)C(=O)N(C(C)C)C8=O)cc6)c6ccccc6-c6ccccc65)cc4)cc3C2=O)cc1. The molecule has 0 spiro atoms. The summed E-state index contributed by atoms with van der Waals surface area (Å²) in [6.45, 7) is 15.1. The molecule has 0 bridgehead atoms. The van der Waals surface area contributed by atoms with Crippen molar-refractivity contribution >= 4 is 29.3 Å². The van der Waals surface area contributed by atoms with Crippen LogP contribution >= 0.6 is 0 Å². The fraction of sp³-hybridized carbons (Fsp3) is 0.200. The summed E-state index contributed by atoms with van der Waals surface area (Å²) < 4.78 is 12.8. The van der Waals surface area contributed by atoms with Crippen molar-refractivity contribution in [3.8, 4) is 34.1 Å². The second kappa shape index (κ2) is 16.6. The predicted molar refractivity (Wildman–Crippen MR) is 285 cm³/mol. The van der Waals surface area contributed by atoms with Crippen molar-refractivity contribution in [3.63, 3.8) is 0 Å². The van der Waals surface area contributed by atoms with E-state index in [2.05, 4.69) is 138 Å². The fourth-order valence-electron chi connectivity index (χ4n) is 12.4. The molecule has 2 aliphatic heterocycles. The number of fused-ring (bicyclic) bond motifs is 6. The second-order valence-corrected chi connectivity index (χ2v) is 21.4. The minimum absolute atomic E-state index is 0.00243. The number of nitrogens with zero attached hydrogens (tertiary/aromatic N) is 2. The topological polar surface area (TPSA) is 93.2 Å². The minimum Gasteiger partial charge on any atom is -0.457 e. The number of hydrogen-bond donors (Lipinski definition) is 0. The zero-order valence-electron chi connectivity index (χ0n) is 41.9. The molecule has 0 saturated carbocycles. The highest BCUT2D eigenvalue weighted by atomic mass is 16.5. The highest BCUT2D eigenvalue weighted by molar-refractivity contribution is 6.34. The number of anilines is 1. The van der Waals surface area contributed by atoms with Crippen LogP contribution in [-0.2, 0) is 16.2 Å². The van der Waals surface area contributed by atoms with Crippen LogP contribution in [0.1, 0.15) is 147 Å². The van der Waals surface area contributed by atoms with Crippen LogP contribution in [0.15, 0.2) is 176 Å². The molecule has 0 fully saturated rings. The van der Waals surface area contributed by atoms with Gasteiger partial charge in [-0.2, -0.15) is 0 Å². The maximum absolute atomic E-state index is 14.1. The average Bonchev–Trinajstić information content (AvgIpc) is 4.00. The van der Waals surface area contributed by atoms with Gasteiger partial charge >= 0.3 is 0 Å². The molecule has 0 saturated heterocycles. The van der Waals surface area contributed by atoms with Gasteiger partial charge in [-0.3, -0.25) is 24.1 Å².